The van der Waals surface area contributed by atoms with Crippen molar-refractivity contribution in [3.63, 3.8) is 0 Å². The van der Waals surface area contributed by atoms with Crippen LogP contribution in [0, 0.1) is 0 Å². The maximum Gasteiger partial charge on any atom is 0.119 e. The number of benzene rings is 1. The van der Waals surface area contributed by atoms with Gasteiger partial charge in [-0.3, -0.25) is 0 Å². The molecule has 0 amide bonds. The van der Waals surface area contributed by atoms with E-state index in [1.807, 2.05) is 19.1 Å². The molecule has 0 spiro atoms. The van der Waals surface area contributed by atoms with Gasteiger partial charge in [0.15, 0.2) is 0 Å². The first-order valence-corrected chi connectivity index (χ1v) is 7.33. The summed E-state index contributed by atoms with van der Waals surface area (Å²) < 4.78 is 5.60. The molecule has 1 saturated carbocycles. The van der Waals surface area contributed by atoms with Gasteiger partial charge in [-0.2, -0.15) is 0 Å². The molecule has 1 aromatic rings. The molecule has 0 heterocycles. The fourth-order valence-corrected chi connectivity index (χ4v) is 2.48. The van der Waals surface area contributed by atoms with E-state index in [0.717, 1.165) is 17.9 Å². The molecule has 0 atom stereocenters. The van der Waals surface area contributed by atoms with Crippen molar-refractivity contribution in [3.05, 3.63) is 42.0 Å². The lowest BCUT2D eigenvalue weighted by Gasteiger charge is -2.22. The van der Waals surface area contributed by atoms with Crippen LogP contribution in [-0.4, -0.2) is 12.6 Å². The summed E-state index contributed by atoms with van der Waals surface area (Å²) in [5, 5.41) is 3.65. The molecule has 1 aliphatic carbocycles. The smallest absolute Gasteiger partial charge is 0.119 e. The van der Waals surface area contributed by atoms with E-state index >= 15 is 0 Å². The van der Waals surface area contributed by atoms with Crippen molar-refractivity contribution in [1.82, 2.24) is 5.32 Å². The van der Waals surface area contributed by atoms with E-state index in [2.05, 4.69) is 24.0 Å². The first kappa shape index (κ1) is 14.1. The minimum absolute atomic E-state index is 0.597. The molecule has 19 heavy (non-hydrogen) atoms. The van der Waals surface area contributed by atoms with Crippen LogP contribution in [0.4, 0.5) is 0 Å². The molecule has 0 aliphatic heterocycles. The normalized spacial score (nSPS) is 16.3. The summed E-state index contributed by atoms with van der Waals surface area (Å²) in [7, 11) is 0. The van der Waals surface area contributed by atoms with Crippen molar-refractivity contribution >= 4 is 0 Å². The summed E-state index contributed by atoms with van der Waals surface area (Å²) in [4.78, 5) is 0. The van der Waals surface area contributed by atoms with Crippen LogP contribution in [-0.2, 0) is 6.54 Å². The summed E-state index contributed by atoms with van der Waals surface area (Å²) in [6.07, 6.45) is 6.84. The van der Waals surface area contributed by atoms with Crippen LogP contribution in [0.25, 0.3) is 0 Å². The Morgan fingerprint density at radius 1 is 1.21 bits per heavy atom. The number of nitrogens with one attached hydrogen (secondary N) is 1. The van der Waals surface area contributed by atoms with E-state index in [-0.39, 0.29) is 0 Å². The summed E-state index contributed by atoms with van der Waals surface area (Å²) in [6, 6.07) is 9.09. The highest BCUT2D eigenvalue weighted by molar-refractivity contribution is 5.27. The summed E-state index contributed by atoms with van der Waals surface area (Å²) >= 11 is 0. The maximum atomic E-state index is 5.60. The highest BCUT2D eigenvalue weighted by atomic mass is 16.5. The first-order valence-electron chi connectivity index (χ1n) is 7.33. The molecule has 0 bridgehead atoms. The number of rotatable bonds is 6. The van der Waals surface area contributed by atoms with Gasteiger partial charge in [-0.15, -0.1) is 0 Å². The third kappa shape index (κ3) is 5.07. The highest BCUT2D eigenvalue weighted by Crippen LogP contribution is 2.18. The number of ether oxygens (including phenoxy) is 1. The molecule has 104 valence electrons. The molecule has 1 aromatic carbocycles. The lowest BCUT2D eigenvalue weighted by atomic mass is 9.95. The number of hydrogen-bond donors (Lipinski definition) is 1. The molecule has 2 rings (SSSR count). The molecule has 0 unspecified atom stereocenters. The zero-order chi connectivity index (χ0) is 13.5. The van der Waals surface area contributed by atoms with Crippen LogP contribution in [0.1, 0.15) is 44.6 Å². The van der Waals surface area contributed by atoms with Gasteiger partial charge in [0, 0.05) is 12.6 Å². The molecular weight excluding hydrogens is 234 g/mol. The maximum absolute atomic E-state index is 5.60. The second kappa shape index (κ2) is 7.34. The fourth-order valence-electron chi connectivity index (χ4n) is 2.48. The van der Waals surface area contributed by atoms with Crippen LogP contribution in [0.2, 0.25) is 0 Å². The molecule has 1 N–H and O–H groups in total. The van der Waals surface area contributed by atoms with Crippen LogP contribution < -0.4 is 10.1 Å². The fraction of sp³-hybridized carbons (Fsp3) is 0.529. The Morgan fingerprint density at radius 2 is 1.89 bits per heavy atom. The van der Waals surface area contributed by atoms with Crippen LogP contribution in [0.5, 0.6) is 5.75 Å². The minimum Gasteiger partial charge on any atom is -0.489 e. The van der Waals surface area contributed by atoms with Gasteiger partial charge >= 0.3 is 0 Å². The van der Waals surface area contributed by atoms with E-state index in [0.29, 0.717) is 12.6 Å². The van der Waals surface area contributed by atoms with E-state index in [1.54, 1.807) is 0 Å². The number of hydrogen-bond acceptors (Lipinski definition) is 2. The predicted molar refractivity (Wildman–Crippen MR) is 80.5 cm³/mol. The van der Waals surface area contributed by atoms with Crippen molar-refractivity contribution in [2.75, 3.05) is 6.61 Å². The van der Waals surface area contributed by atoms with Gasteiger partial charge in [0.2, 0.25) is 0 Å². The van der Waals surface area contributed by atoms with Crippen molar-refractivity contribution in [1.29, 1.82) is 0 Å². The Morgan fingerprint density at radius 3 is 2.53 bits per heavy atom. The van der Waals surface area contributed by atoms with E-state index < -0.39 is 0 Å². The highest BCUT2D eigenvalue weighted by Gasteiger charge is 2.12. The van der Waals surface area contributed by atoms with Gasteiger partial charge in [-0.1, -0.05) is 38.0 Å². The van der Waals surface area contributed by atoms with E-state index in [4.69, 9.17) is 4.74 Å². The predicted octanol–water partition coefficient (Wildman–Crippen LogP) is 4.06. The summed E-state index contributed by atoms with van der Waals surface area (Å²) in [6.45, 7) is 7.37. The zero-order valence-corrected chi connectivity index (χ0v) is 12.0. The molecule has 0 saturated heterocycles. The van der Waals surface area contributed by atoms with Gasteiger partial charge in [-0.05, 0) is 43.0 Å². The van der Waals surface area contributed by atoms with Crippen molar-refractivity contribution < 1.29 is 4.74 Å². The molecule has 2 nitrogen and oxygen atoms in total. The Hall–Kier alpha value is -1.28. The average Bonchev–Trinajstić information content (AvgIpc) is 2.45. The SMILES string of the molecule is C=C(C)COc1ccc(CNC2CCCCC2)cc1. The largest absolute Gasteiger partial charge is 0.489 e. The monoisotopic (exact) mass is 259 g/mol. The first-order chi connectivity index (χ1) is 9.24. The molecule has 1 fully saturated rings. The lowest BCUT2D eigenvalue weighted by Crippen LogP contribution is -2.30. The standard InChI is InChI=1S/C17H25NO/c1-14(2)13-19-17-10-8-15(9-11-17)12-18-16-6-4-3-5-7-16/h8-11,16,18H,1,3-7,12-13H2,2H3. The van der Waals surface area contributed by atoms with Crippen molar-refractivity contribution in [2.24, 2.45) is 0 Å². The Labute approximate surface area is 116 Å². The third-order valence-corrected chi connectivity index (χ3v) is 3.61. The summed E-state index contributed by atoms with van der Waals surface area (Å²) in [5.41, 5.74) is 2.37. The van der Waals surface area contributed by atoms with E-state index in [9.17, 15) is 0 Å². The van der Waals surface area contributed by atoms with Gasteiger partial charge in [0.05, 0.1) is 0 Å². The molecule has 0 aromatic heterocycles. The quantitative estimate of drug-likeness (QED) is 0.778. The van der Waals surface area contributed by atoms with Crippen molar-refractivity contribution in [3.8, 4) is 5.75 Å². The molecular formula is C17H25NO. The van der Waals surface area contributed by atoms with Crippen LogP contribution in [0.15, 0.2) is 36.4 Å². The minimum atomic E-state index is 0.597. The Bertz CT molecular complexity index is 390. The molecule has 1 aliphatic rings. The topological polar surface area (TPSA) is 21.3 Å². The van der Waals surface area contributed by atoms with Gasteiger partial charge in [0.25, 0.3) is 0 Å². The van der Waals surface area contributed by atoms with Gasteiger partial charge < -0.3 is 10.1 Å². The second-order valence-electron chi connectivity index (χ2n) is 5.61. The molecule has 0 radical (unpaired) electrons. The van der Waals surface area contributed by atoms with Crippen LogP contribution in [0.3, 0.4) is 0 Å². The average molecular weight is 259 g/mol. The molecule has 2 heteroatoms. The van der Waals surface area contributed by atoms with E-state index in [1.165, 1.54) is 37.7 Å². The second-order valence-corrected chi connectivity index (χ2v) is 5.61. The van der Waals surface area contributed by atoms with Crippen molar-refractivity contribution in [2.45, 2.75) is 51.6 Å². The van der Waals surface area contributed by atoms with Crippen LogP contribution >= 0.6 is 0 Å². The summed E-state index contributed by atoms with van der Waals surface area (Å²) in [5.74, 6) is 0.921. The van der Waals surface area contributed by atoms with Gasteiger partial charge in [0.1, 0.15) is 12.4 Å². The van der Waals surface area contributed by atoms with Gasteiger partial charge in [-0.25, -0.2) is 0 Å². The third-order valence-electron chi connectivity index (χ3n) is 3.61. The Kier molecular flexibility index (Phi) is 5.46. The zero-order valence-electron chi connectivity index (χ0n) is 12.0. The Balaban J connectivity index is 1.76. The lowest BCUT2D eigenvalue weighted by molar-refractivity contribution is 0.352.